The zero-order valence-electron chi connectivity index (χ0n) is 15.7. The van der Waals surface area contributed by atoms with Crippen molar-refractivity contribution in [3.63, 3.8) is 0 Å². The molecule has 0 radical (unpaired) electrons. The molecule has 5 heteroatoms. The summed E-state index contributed by atoms with van der Waals surface area (Å²) < 4.78 is 15.3. The highest BCUT2D eigenvalue weighted by atomic mass is 16.6. The smallest absolute Gasteiger partial charge is 0.307 e. The van der Waals surface area contributed by atoms with Gasteiger partial charge in [-0.3, -0.25) is 4.79 Å². The molecule has 1 aliphatic rings. The molecule has 2 heterocycles. The molecule has 1 fully saturated rings. The van der Waals surface area contributed by atoms with E-state index in [0.29, 0.717) is 12.2 Å². The molecule has 2 aromatic rings. The van der Waals surface area contributed by atoms with E-state index in [4.69, 9.17) is 14.4 Å². The first-order chi connectivity index (χ1) is 11.8. The molecule has 5 nitrogen and oxygen atoms in total. The predicted molar refractivity (Wildman–Crippen MR) is 94.9 cm³/mol. The summed E-state index contributed by atoms with van der Waals surface area (Å²) in [7, 11) is 0. The van der Waals surface area contributed by atoms with E-state index in [1.807, 2.05) is 52.8 Å². The van der Waals surface area contributed by atoms with Gasteiger partial charge in [-0.25, -0.2) is 0 Å². The SMILES string of the molecule is CC.CC(C)(C)OC(=O)CC1(c2ccco2)CC1.N#Cc1ccco1. The Hall–Kier alpha value is -2.48. The Morgan fingerprint density at radius 3 is 2.16 bits per heavy atom. The van der Waals surface area contributed by atoms with E-state index in [2.05, 4.69) is 4.42 Å². The Morgan fingerprint density at radius 1 is 1.20 bits per heavy atom. The van der Waals surface area contributed by atoms with E-state index < -0.39 is 5.60 Å². The topological polar surface area (TPSA) is 76.4 Å². The first-order valence-electron chi connectivity index (χ1n) is 8.54. The summed E-state index contributed by atoms with van der Waals surface area (Å²) in [6.45, 7) is 9.66. The van der Waals surface area contributed by atoms with Crippen LogP contribution in [0.5, 0.6) is 0 Å². The van der Waals surface area contributed by atoms with Crippen LogP contribution in [0.1, 0.15) is 65.4 Å². The van der Waals surface area contributed by atoms with Gasteiger partial charge in [-0.1, -0.05) is 13.8 Å². The maximum atomic E-state index is 11.7. The third kappa shape index (κ3) is 6.88. The van der Waals surface area contributed by atoms with Crippen LogP contribution in [0.4, 0.5) is 0 Å². The first kappa shape index (κ1) is 20.6. The molecule has 1 saturated carbocycles. The van der Waals surface area contributed by atoms with E-state index >= 15 is 0 Å². The van der Waals surface area contributed by atoms with Crippen molar-refractivity contribution in [2.45, 2.75) is 64.9 Å². The summed E-state index contributed by atoms with van der Waals surface area (Å²) >= 11 is 0. The quantitative estimate of drug-likeness (QED) is 0.713. The Morgan fingerprint density at radius 2 is 1.80 bits per heavy atom. The summed E-state index contributed by atoms with van der Waals surface area (Å²) in [6, 6.07) is 8.94. The van der Waals surface area contributed by atoms with Gasteiger partial charge in [0, 0.05) is 5.41 Å². The Bertz CT molecular complexity index is 654. The molecule has 0 amide bonds. The van der Waals surface area contributed by atoms with Crippen molar-refractivity contribution in [2.24, 2.45) is 0 Å². The van der Waals surface area contributed by atoms with Gasteiger partial charge >= 0.3 is 5.97 Å². The number of nitrogens with zero attached hydrogens (tertiary/aromatic N) is 1. The van der Waals surface area contributed by atoms with Crippen LogP contribution >= 0.6 is 0 Å². The normalized spacial score (nSPS) is 14.1. The molecule has 3 rings (SSSR count). The molecule has 0 aromatic carbocycles. The maximum absolute atomic E-state index is 11.7. The van der Waals surface area contributed by atoms with Gasteiger partial charge < -0.3 is 13.6 Å². The fourth-order valence-corrected chi connectivity index (χ4v) is 2.24. The zero-order valence-corrected chi connectivity index (χ0v) is 15.7. The van der Waals surface area contributed by atoms with Crippen LogP contribution in [-0.2, 0) is 14.9 Å². The molecule has 0 spiro atoms. The molecule has 0 saturated heterocycles. The number of ether oxygens (including phenoxy) is 1. The van der Waals surface area contributed by atoms with E-state index in [1.165, 1.54) is 6.26 Å². The van der Waals surface area contributed by atoms with E-state index in [-0.39, 0.29) is 11.4 Å². The fraction of sp³-hybridized carbons (Fsp3) is 0.500. The average molecular weight is 345 g/mol. The number of nitriles is 1. The van der Waals surface area contributed by atoms with Crippen LogP contribution in [-0.4, -0.2) is 11.6 Å². The lowest BCUT2D eigenvalue weighted by atomic mass is 9.99. The number of rotatable bonds is 3. The van der Waals surface area contributed by atoms with Crippen LogP contribution in [0.2, 0.25) is 0 Å². The van der Waals surface area contributed by atoms with Gasteiger partial charge in [0.05, 0.1) is 18.9 Å². The molecule has 136 valence electrons. The van der Waals surface area contributed by atoms with Gasteiger partial charge in [0.25, 0.3) is 0 Å². The lowest BCUT2D eigenvalue weighted by Crippen LogP contribution is -2.26. The van der Waals surface area contributed by atoms with Crippen LogP contribution in [0, 0.1) is 11.3 Å². The second-order valence-corrected chi connectivity index (χ2v) is 6.61. The minimum absolute atomic E-state index is 0.0775. The van der Waals surface area contributed by atoms with Crippen LogP contribution in [0.25, 0.3) is 0 Å². The monoisotopic (exact) mass is 345 g/mol. The lowest BCUT2D eigenvalue weighted by molar-refractivity contribution is -0.155. The molecule has 0 bridgehead atoms. The fourth-order valence-electron chi connectivity index (χ4n) is 2.24. The van der Waals surface area contributed by atoms with Crippen molar-refractivity contribution in [2.75, 3.05) is 0 Å². The van der Waals surface area contributed by atoms with Gasteiger partial charge in [-0.05, 0) is 57.9 Å². The van der Waals surface area contributed by atoms with Gasteiger partial charge in [0.15, 0.2) is 0 Å². The molecular formula is C20H27NO4. The maximum Gasteiger partial charge on any atom is 0.307 e. The van der Waals surface area contributed by atoms with Crippen molar-refractivity contribution in [3.05, 3.63) is 48.3 Å². The van der Waals surface area contributed by atoms with Crippen LogP contribution in [0.3, 0.4) is 0 Å². The zero-order chi connectivity index (χ0) is 18.9. The largest absolute Gasteiger partial charge is 0.469 e. The van der Waals surface area contributed by atoms with Gasteiger partial charge in [0.1, 0.15) is 17.4 Å². The molecule has 0 atom stereocenters. The highest BCUT2D eigenvalue weighted by Gasteiger charge is 2.49. The summed E-state index contributed by atoms with van der Waals surface area (Å²) in [5.41, 5.74) is -0.484. The highest BCUT2D eigenvalue weighted by molar-refractivity contribution is 5.72. The summed E-state index contributed by atoms with van der Waals surface area (Å²) in [6.07, 6.45) is 5.58. The average Bonchev–Trinajstić information content (AvgIpc) is 3.04. The number of esters is 1. The molecule has 25 heavy (non-hydrogen) atoms. The third-order valence-corrected chi connectivity index (χ3v) is 3.43. The number of carbonyl (C=O) groups excluding carboxylic acids is 1. The molecule has 0 aliphatic heterocycles. The van der Waals surface area contributed by atoms with Crippen molar-refractivity contribution < 1.29 is 18.4 Å². The number of furan rings is 2. The molecule has 0 unspecified atom stereocenters. The van der Waals surface area contributed by atoms with E-state index in [1.54, 1.807) is 18.4 Å². The minimum atomic E-state index is -0.406. The second-order valence-electron chi connectivity index (χ2n) is 6.61. The third-order valence-electron chi connectivity index (χ3n) is 3.43. The number of hydrogen-bond donors (Lipinski definition) is 0. The summed E-state index contributed by atoms with van der Waals surface area (Å²) in [5, 5.41) is 8.08. The summed E-state index contributed by atoms with van der Waals surface area (Å²) in [5.74, 6) is 1.14. The Labute approximate surface area is 149 Å². The van der Waals surface area contributed by atoms with Crippen molar-refractivity contribution >= 4 is 5.97 Å². The Balaban J connectivity index is 0.000000290. The molecular weight excluding hydrogens is 318 g/mol. The van der Waals surface area contributed by atoms with Crippen LogP contribution < -0.4 is 0 Å². The molecule has 0 N–H and O–H groups in total. The molecule has 1 aliphatic carbocycles. The first-order valence-corrected chi connectivity index (χ1v) is 8.54. The van der Waals surface area contributed by atoms with Crippen molar-refractivity contribution in [1.82, 2.24) is 0 Å². The standard InChI is InChI=1S/C13H18O3.C5H3NO.C2H6/c1-12(2,3)16-11(14)9-13(6-7-13)10-5-4-8-15-10;6-4-5-2-1-3-7-5;1-2/h4-5,8H,6-7,9H2,1-3H3;1-3H;1-2H3. The number of hydrogen-bond acceptors (Lipinski definition) is 5. The van der Waals surface area contributed by atoms with Crippen molar-refractivity contribution in [1.29, 1.82) is 5.26 Å². The highest BCUT2D eigenvalue weighted by Crippen LogP contribution is 2.51. The number of carbonyl (C=O) groups is 1. The Kier molecular flexibility index (Phi) is 7.50. The predicted octanol–water partition coefficient (Wildman–Crippen LogP) is 5.22. The van der Waals surface area contributed by atoms with E-state index in [9.17, 15) is 4.79 Å². The van der Waals surface area contributed by atoms with Crippen LogP contribution in [0.15, 0.2) is 45.6 Å². The van der Waals surface area contributed by atoms with Gasteiger partial charge in [-0.15, -0.1) is 0 Å². The molecule has 2 aromatic heterocycles. The summed E-state index contributed by atoms with van der Waals surface area (Å²) in [4.78, 5) is 11.7. The second kappa shape index (κ2) is 9.12. The van der Waals surface area contributed by atoms with E-state index in [0.717, 1.165) is 18.6 Å². The van der Waals surface area contributed by atoms with Gasteiger partial charge in [-0.2, -0.15) is 5.26 Å². The van der Waals surface area contributed by atoms with Crippen molar-refractivity contribution in [3.8, 4) is 6.07 Å². The van der Waals surface area contributed by atoms with Gasteiger partial charge in [0.2, 0.25) is 5.76 Å². The lowest BCUT2D eigenvalue weighted by Gasteiger charge is -2.21. The minimum Gasteiger partial charge on any atom is -0.469 e.